The van der Waals surface area contributed by atoms with Crippen LogP contribution >= 0.6 is 0 Å². The minimum Gasteiger partial charge on any atom is -0.497 e. The quantitative estimate of drug-likeness (QED) is 0.873. The number of likely N-dealkylation sites (tertiary alicyclic amines) is 1. The zero-order chi connectivity index (χ0) is 15.5. The molecule has 0 aliphatic carbocycles. The van der Waals surface area contributed by atoms with Gasteiger partial charge in [-0.05, 0) is 37.6 Å². The Kier molecular flexibility index (Phi) is 4.04. The minimum absolute atomic E-state index is 0.0362. The number of amides is 1. The molecule has 3 rings (SSSR count). The maximum atomic E-state index is 12.6. The largest absolute Gasteiger partial charge is 0.497 e. The highest BCUT2D eigenvalue weighted by Crippen LogP contribution is 2.26. The van der Waals surface area contributed by atoms with Gasteiger partial charge in [-0.15, -0.1) is 0 Å². The maximum absolute atomic E-state index is 12.6. The number of methoxy groups -OCH3 is 1. The molecule has 114 valence electrons. The number of carbonyl (C=O) groups is 1. The lowest BCUT2D eigenvalue weighted by molar-refractivity contribution is 0.0790. The van der Waals surface area contributed by atoms with Crippen molar-refractivity contribution in [1.82, 2.24) is 14.9 Å². The lowest BCUT2D eigenvalue weighted by Crippen LogP contribution is -2.28. The molecule has 0 bridgehead atoms. The van der Waals surface area contributed by atoms with Gasteiger partial charge in [0.25, 0.3) is 5.91 Å². The number of carbonyl (C=O) groups excluding carboxylic acids is 1. The Bertz CT molecular complexity index is 687. The van der Waals surface area contributed by atoms with Crippen molar-refractivity contribution in [2.45, 2.75) is 19.3 Å². The first kappa shape index (κ1) is 14.5. The second kappa shape index (κ2) is 6.13. The van der Waals surface area contributed by atoms with E-state index in [-0.39, 0.29) is 11.8 Å². The van der Waals surface area contributed by atoms with E-state index in [1.165, 1.54) is 0 Å². The molecule has 0 radical (unpaired) electrons. The second-order valence-electron chi connectivity index (χ2n) is 5.52. The average molecular weight is 297 g/mol. The first-order valence-electron chi connectivity index (χ1n) is 7.40. The molecule has 0 saturated carbocycles. The molecule has 1 atom stereocenters. The van der Waals surface area contributed by atoms with E-state index in [2.05, 4.69) is 9.97 Å². The van der Waals surface area contributed by atoms with Gasteiger partial charge in [0.15, 0.2) is 0 Å². The summed E-state index contributed by atoms with van der Waals surface area (Å²) in [6, 6.07) is 9.16. The van der Waals surface area contributed by atoms with Crippen molar-refractivity contribution in [1.29, 1.82) is 0 Å². The van der Waals surface area contributed by atoms with Gasteiger partial charge in [-0.1, -0.05) is 6.07 Å². The normalized spacial score (nSPS) is 17.5. The minimum atomic E-state index is 0.0362. The van der Waals surface area contributed by atoms with Gasteiger partial charge in [-0.2, -0.15) is 0 Å². The highest BCUT2D eigenvalue weighted by molar-refractivity contribution is 5.94. The molecule has 2 aromatic rings. The number of benzene rings is 1. The van der Waals surface area contributed by atoms with Crippen molar-refractivity contribution in [2.24, 2.45) is 0 Å². The lowest BCUT2D eigenvalue weighted by Gasteiger charge is -2.16. The van der Waals surface area contributed by atoms with Crippen LogP contribution in [0.1, 0.15) is 34.2 Å². The fourth-order valence-electron chi connectivity index (χ4n) is 2.76. The Labute approximate surface area is 130 Å². The zero-order valence-corrected chi connectivity index (χ0v) is 12.8. The van der Waals surface area contributed by atoms with Crippen LogP contribution in [0.3, 0.4) is 0 Å². The standard InChI is InChI=1S/C17H19N3O2/c1-12-6-8-18-16(19-12)14-7-9-20(11-14)17(21)13-4-3-5-15(10-13)22-2/h3-6,8,10,14H,7,9,11H2,1-2H3. The van der Waals surface area contributed by atoms with Crippen molar-refractivity contribution in [3.8, 4) is 5.75 Å². The van der Waals surface area contributed by atoms with E-state index in [1.54, 1.807) is 19.4 Å². The molecule has 0 spiro atoms. The van der Waals surface area contributed by atoms with E-state index in [4.69, 9.17) is 4.74 Å². The van der Waals surface area contributed by atoms with Crippen molar-refractivity contribution in [3.63, 3.8) is 0 Å². The summed E-state index contributed by atoms with van der Waals surface area (Å²) < 4.78 is 5.18. The van der Waals surface area contributed by atoms with Crippen molar-refractivity contribution in [2.75, 3.05) is 20.2 Å². The van der Waals surface area contributed by atoms with Gasteiger partial charge in [-0.25, -0.2) is 9.97 Å². The van der Waals surface area contributed by atoms with E-state index >= 15 is 0 Å². The Hall–Kier alpha value is -2.43. The number of hydrogen-bond acceptors (Lipinski definition) is 4. The molecule has 5 heteroatoms. The first-order chi connectivity index (χ1) is 10.7. The summed E-state index contributed by atoms with van der Waals surface area (Å²) in [6.45, 7) is 3.36. The molecule has 1 fully saturated rings. The zero-order valence-electron chi connectivity index (χ0n) is 12.8. The summed E-state index contributed by atoms with van der Waals surface area (Å²) in [4.78, 5) is 23.3. The van der Waals surface area contributed by atoms with Crippen LogP contribution in [-0.2, 0) is 0 Å². The second-order valence-corrected chi connectivity index (χ2v) is 5.52. The number of aryl methyl sites for hydroxylation is 1. The summed E-state index contributed by atoms with van der Waals surface area (Å²) in [7, 11) is 1.60. The van der Waals surface area contributed by atoms with E-state index in [1.807, 2.05) is 36.1 Å². The molecule has 1 aliphatic rings. The molecule has 5 nitrogen and oxygen atoms in total. The molecular weight excluding hydrogens is 278 g/mol. The van der Waals surface area contributed by atoms with Gasteiger partial charge >= 0.3 is 0 Å². The van der Waals surface area contributed by atoms with Crippen LogP contribution in [0.15, 0.2) is 36.5 Å². The predicted molar refractivity (Wildman–Crippen MR) is 83.0 cm³/mol. The van der Waals surface area contributed by atoms with Crippen LogP contribution < -0.4 is 4.74 Å². The Balaban J connectivity index is 1.73. The molecule has 2 heterocycles. The smallest absolute Gasteiger partial charge is 0.254 e. The van der Waals surface area contributed by atoms with Crippen LogP contribution in [-0.4, -0.2) is 41.0 Å². The topological polar surface area (TPSA) is 55.3 Å². The third-order valence-electron chi connectivity index (χ3n) is 3.97. The highest BCUT2D eigenvalue weighted by atomic mass is 16.5. The van der Waals surface area contributed by atoms with E-state index in [0.29, 0.717) is 17.9 Å². The van der Waals surface area contributed by atoms with Crippen molar-refractivity contribution >= 4 is 5.91 Å². The Morgan fingerprint density at radius 1 is 1.36 bits per heavy atom. The molecule has 0 N–H and O–H groups in total. The monoisotopic (exact) mass is 297 g/mol. The number of rotatable bonds is 3. The van der Waals surface area contributed by atoms with Gasteiger partial charge in [0.1, 0.15) is 11.6 Å². The fraction of sp³-hybridized carbons (Fsp3) is 0.353. The third kappa shape index (κ3) is 2.93. The van der Waals surface area contributed by atoms with Gasteiger partial charge in [0, 0.05) is 36.5 Å². The summed E-state index contributed by atoms with van der Waals surface area (Å²) in [5.74, 6) is 1.79. The SMILES string of the molecule is COc1cccc(C(=O)N2CCC(c3nccc(C)n3)C2)c1. The van der Waals surface area contributed by atoms with E-state index < -0.39 is 0 Å². The summed E-state index contributed by atoms with van der Waals surface area (Å²) in [5.41, 5.74) is 1.62. The van der Waals surface area contributed by atoms with Gasteiger partial charge in [0.2, 0.25) is 0 Å². The molecule has 1 aromatic carbocycles. The van der Waals surface area contributed by atoms with Gasteiger partial charge in [-0.3, -0.25) is 4.79 Å². The number of hydrogen-bond donors (Lipinski definition) is 0. The van der Waals surface area contributed by atoms with Crippen LogP contribution in [0, 0.1) is 6.92 Å². The average Bonchev–Trinajstić information content (AvgIpc) is 3.04. The third-order valence-corrected chi connectivity index (χ3v) is 3.97. The van der Waals surface area contributed by atoms with E-state index in [9.17, 15) is 4.79 Å². The molecule has 1 saturated heterocycles. The first-order valence-corrected chi connectivity index (χ1v) is 7.40. The van der Waals surface area contributed by atoms with Gasteiger partial charge < -0.3 is 9.64 Å². The predicted octanol–water partition coefficient (Wildman–Crippen LogP) is 2.42. The van der Waals surface area contributed by atoms with Crippen molar-refractivity contribution < 1.29 is 9.53 Å². The lowest BCUT2D eigenvalue weighted by atomic mass is 10.1. The van der Waals surface area contributed by atoms with Crippen molar-refractivity contribution in [3.05, 3.63) is 53.6 Å². The summed E-state index contributed by atoms with van der Waals surface area (Å²) in [5, 5.41) is 0. The molecule has 1 unspecified atom stereocenters. The molecule has 1 aromatic heterocycles. The molecular formula is C17H19N3O2. The summed E-state index contributed by atoms with van der Waals surface area (Å²) >= 11 is 0. The molecule has 1 amide bonds. The van der Waals surface area contributed by atoms with Crippen LogP contribution in [0.4, 0.5) is 0 Å². The fourth-order valence-corrected chi connectivity index (χ4v) is 2.76. The maximum Gasteiger partial charge on any atom is 0.254 e. The van der Waals surface area contributed by atoms with Gasteiger partial charge in [0.05, 0.1) is 7.11 Å². The number of nitrogens with zero attached hydrogens (tertiary/aromatic N) is 3. The number of ether oxygens (including phenoxy) is 1. The van der Waals surface area contributed by atoms with Crippen LogP contribution in [0.5, 0.6) is 5.75 Å². The van der Waals surface area contributed by atoms with E-state index in [0.717, 1.165) is 24.5 Å². The Morgan fingerprint density at radius 3 is 3.00 bits per heavy atom. The Morgan fingerprint density at radius 2 is 2.23 bits per heavy atom. The van der Waals surface area contributed by atoms with Crippen LogP contribution in [0.25, 0.3) is 0 Å². The summed E-state index contributed by atoms with van der Waals surface area (Å²) in [6.07, 6.45) is 2.68. The molecule has 1 aliphatic heterocycles. The number of aromatic nitrogens is 2. The highest BCUT2D eigenvalue weighted by Gasteiger charge is 2.29. The molecule has 22 heavy (non-hydrogen) atoms. The van der Waals surface area contributed by atoms with Crippen LogP contribution in [0.2, 0.25) is 0 Å².